The molecule has 2 aromatic carbocycles. The topological polar surface area (TPSA) is 72.3 Å². The number of benzene rings is 2. The number of nitrogens with one attached hydrogen (secondary N) is 1. The molecule has 0 unspecified atom stereocenters. The molecule has 2 fully saturated rings. The number of ether oxygens (including phenoxy) is 1. The van der Waals surface area contributed by atoms with Gasteiger partial charge in [-0.3, -0.25) is 9.36 Å². The Morgan fingerprint density at radius 3 is 2.57 bits per heavy atom. The fourth-order valence-corrected chi connectivity index (χ4v) is 5.30. The zero-order valence-corrected chi connectivity index (χ0v) is 20.6. The van der Waals surface area contributed by atoms with Gasteiger partial charge in [-0.1, -0.05) is 41.4 Å². The van der Waals surface area contributed by atoms with Crippen molar-refractivity contribution in [3.05, 3.63) is 58.6 Å². The number of pyridine rings is 1. The summed E-state index contributed by atoms with van der Waals surface area (Å²) in [6, 6.07) is 15.9. The number of carbonyl (C=O) groups excluding carboxylic acids is 1. The zero-order chi connectivity index (χ0) is 23.9. The molecule has 1 atom stereocenters. The molecule has 0 radical (unpaired) electrons. The van der Waals surface area contributed by atoms with Gasteiger partial charge < -0.3 is 15.0 Å². The third-order valence-electron chi connectivity index (χ3n) is 6.92. The third kappa shape index (κ3) is 4.33. The SMILES string of the molecule is O=C(N[C@@H]1CCOC1)C1CCN(c2nc3cc(Cl)c(Cl)cc3n2-c2ccc3ccccc3n2)CC1. The van der Waals surface area contributed by atoms with Crippen LogP contribution in [0.15, 0.2) is 48.5 Å². The van der Waals surface area contributed by atoms with Crippen LogP contribution >= 0.6 is 23.2 Å². The highest BCUT2D eigenvalue weighted by Crippen LogP contribution is 2.34. The third-order valence-corrected chi connectivity index (χ3v) is 7.64. The van der Waals surface area contributed by atoms with Crippen molar-refractivity contribution in [3.8, 4) is 5.82 Å². The van der Waals surface area contributed by atoms with Crippen molar-refractivity contribution in [2.45, 2.75) is 25.3 Å². The first-order valence-corrected chi connectivity index (χ1v) is 12.7. The van der Waals surface area contributed by atoms with Crippen LogP contribution in [-0.2, 0) is 9.53 Å². The van der Waals surface area contributed by atoms with Gasteiger partial charge in [0.05, 0.1) is 39.2 Å². The van der Waals surface area contributed by atoms with Crippen LogP contribution < -0.4 is 10.2 Å². The van der Waals surface area contributed by atoms with Crippen LogP contribution in [0.5, 0.6) is 0 Å². The second-order valence-electron chi connectivity index (χ2n) is 9.19. The Balaban J connectivity index is 1.33. The summed E-state index contributed by atoms with van der Waals surface area (Å²) in [5.74, 6) is 1.67. The van der Waals surface area contributed by atoms with Crippen molar-refractivity contribution >= 4 is 57.0 Å². The number of hydrogen-bond donors (Lipinski definition) is 1. The van der Waals surface area contributed by atoms with Crippen molar-refractivity contribution < 1.29 is 9.53 Å². The monoisotopic (exact) mass is 509 g/mol. The van der Waals surface area contributed by atoms with Gasteiger partial charge in [0.1, 0.15) is 5.82 Å². The number of halogens is 2. The molecule has 1 N–H and O–H groups in total. The van der Waals surface area contributed by atoms with E-state index >= 15 is 0 Å². The average molecular weight is 510 g/mol. The first kappa shape index (κ1) is 22.6. The molecule has 0 aliphatic carbocycles. The fourth-order valence-electron chi connectivity index (χ4n) is 4.99. The van der Waals surface area contributed by atoms with E-state index in [9.17, 15) is 4.79 Å². The molecule has 4 heterocycles. The highest BCUT2D eigenvalue weighted by molar-refractivity contribution is 6.42. The summed E-state index contributed by atoms with van der Waals surface area (Å²) in [4.78, 5) is 24.9. The molecule has 2 saturated heterocycles. The van der Waals surface area contributed by atoms with E-state index in [0.717, 1.165) is 72.7 Å². The van der Waals surface area contributed by atoms with Crippen molar-refractivity contribution in [2.24, 2.45) is 5.92 Å². The molecular formula is C26H25Cl2N5O2. The van der Waals surface area contributed by atoms with Gasteiger partial charge in [-0.2, -0.15) is 0 Å². The molecular weight excluding hydrogens is 485 g/mol. The smallest absolute Gasteiger partial charge is 0.223 e. The lowest BCUT2D eigenvalue weighted by molar-refractivity contribution is -0.126. The Hall–Kier alpha value is -2.87. The van der Waals surface area contributed by atoms with Crippen LogP contribution in [0.3, 0.4) is 0 Å². The van der Waals surface area contributed by atoms with E-state index < -0.39 is 0 Å². The predicted molar refractivity (Wildman–Crippen MR) is 139 cm³/mol. The van der Waals surface area contributed by atoms with Gasteiger partial charge in [-0.15, -0.1) is 0 Å². The summed E-state index contributed by atoms with van der Waals surface area (Å²) in [5, 5.41) is 5.16. The van der Waals surface area contributed by atoms with E-state index in [4.69, 9.17) is 37.9 Å². The van der Waals surface area contributed by atoms with E-state index in [2.05, 4.69) is 16.3 Å². The quantitative estimate of drug-likeness (QED) is 0.418. The summed E-state index contributed by atoms with van der Waals surface area (Å²) in [7, 11) is 0. The van der Waals surface area contributed by atoms with Crippen LogP contribution in [0, 0.1) is 5.92 Å². The second kappa shape index (κ2) is 9.30. The molecule has 7 nitrogen and oxygen atoms in total. The number of rotatable bonds is 4. The van der Waals surface area contributed by atoms with Gasteiger partial charge in [0, 0.05) is 31.0 Å². The molecule has 2 aromatic heterocycles. The van der Waals surface area contributed by atoms with Gasteiger partial charge in [0.15, 0.2) is 0 Å². The van der Waals surface area contributed by atoms with Crippen molar-refractivity contribution in [3.63, 3.8) is 0 Å². The summed E-state index contributed by atoms with van der Waals surface area (Å²) in [6.45, 7) is 2.77. The summed E-state index contributed by atoms with van der Waals surface area (Å²) >= 11 is 12.7. The number of hydrogen-bond acceptors (Lipinski definition) is 5. The molecule has 1 amide bonds. The molecule has 0 saturated carbocycles. The minimum absolute atomic E-state index is 0.00707. The maximum Gasteiger partial charge on any atom is 0.223 e. The van der Waals surface area contributed by atoms with Crippen LogP contribution in [0.1, 0.15) is 19.3 Å². The minimum Gasteiger partial charge on any atom is -0.379 e. The number of piperidine rings is 1. The molecule has 180 valence electrons. The number of fused-ring (bicyclic) bond motifs is 2. The van der Waals surface area contributed by atoms with E-state index in [1.54, 1.807) is 6.07 Å². The number of nitrogens with zero attached hydrogens (tertiary/aromatic N) is 4. The summed E-state index contributed by atoms with van der Waals surface area (Å²) in [6.07, 6.45) is 2.41. The van der Waals surface area contributed by atoms with E-state index in [1.807, 2.05) is 41.0 Å². The average Bonchev–Trinajstić information content (AvgIpc) is 3.52. The Labute approximate surface area is 213 Å². The summed E-state index contributed by atoms with van der Waals surface area (Å²) < 4.78 is 7.43. The van der Waals surface area contributed by atoms with Crippen LogP contribution in [0.2, 0.25) is 10.0 Å². The molecule has 4 aromatic rings. The largest absolute Gasteiger partial charge is 0.379 e. The number of aromatic nitrogens is 3. The van der Waals surface area contributed by atoms with Crippen LogP contribution in [-0.4, -0.2) is 52.8 Å². The summed E-state index contributed by atoms with van der Waals surface area (Å²) in [5.41, 5.74) is 2.51. The maximum atomic E-state index is 12.8. The number of anilines is 1. The molecule has 2 aliphatic heterocycles. The maximum absolute atomic E-state index is 12.8. The second-order valence-corrected chi connectivity index (χ2v) is 10.0. The Morgan fingerprint density at radius 2 is 1.77 bits per heavy atom. The molecule has 35 heavy (non-hydrogen) atoms. The van der Waals surface area contributed by atoms with Crippen LogP contribution in [0.25, 0.3) is 27.8 Å². The van der Waals surface area contributed by atoms with Gasteiger partial charge in [0.2, 0.25) is 11.9 Å². The normalized spacial score (nSPS) is 19.0. The van der Waals surface area contributed by atoms with E-state index in [0.29, 0.717) is 16.7 Å². The molecule has 9 heteroatoms. The van der Waals surface area contributed by atoms with Crippen molar-refractivity contribution in [1.29, 1.82) is 0 Å². The van der Waals surface area contributed by atoms with Gasteiger partial charge in [-0.25, -0.2) is 9.97 Å². The number of amides is 1. The first-order chi connectivity index (χ1) is 17.1. The minimum atomic E-state index is -0.00707. The Kier molecular flexibility index (Phi) is 6.00. The molecule has 0 spiro atoms. The lowest BCUT2D eigenvalue weighted by Gasteiger charge is -2.32. The highest BCUT2D eigenvalue weighted by Gasteiger charge is 2.30. The number of carbonyl (C=O) groups is 1. The van der Waals surface area contributed by atoms with Gasteiger partial charge in [-0.05, 0) is 49.6 Å². The van der Waals surface area contributed by atoms with E-state index in [1.165, 1.54) is 0 Å². The first-order valence-electron chi connectivity index (χ1n) is 11.9. The lowest BCUT2D eigenvalue weighted by atomic mass is 9.95. The predicted octanol–water partition coefficient (Wildman–Crippen LogP) is 5.00. The Morgan fingerprint density at radius 1 is 0.971 bits per heavy atom. The number of imidazole rings is 1. The van der Waals surface area contributed by atoms with Gasteiger partial charge in [0.25, 0.3) is 0 Å². The molecule has 0 bridgehead atoms. The van der Waals surface area contributed by atoms with Crippen molar-refractivity contribution in [2.75, 3.05) is 31.2 Å². The number of para-hydroxylation sites is 1. The Bertz CT molecular complexity index is 1410. The molecule has 2 aliphatic rings. The standard InChI is InChI=1S/C26H25Cl2N5O2/c27-19-13-22-23(14-20(19)28)33(24-6-5-16-3-1-2-4-21(16)30-24)26(31-22)32-10-7-17(8-11-32)25(34)29-18-9-12-35-15-18/h1-6,13-14,17-18H,7-12,15H2,(H,29,34)/t18-/m1/s1. The zero-order valence-electron chi connectivity index (χ0n) is 19.1. The lowest BCUT2D eigenvalue weighted by Crippen LogP contribution is -2.44. The van der Waals surface area contributed by atoms with Crippen molar-refractivity contribution in [1.82, 2.24) is 19.9 Å². The molecule has 6 rings (SSSR count). The van der Waals surface area contributed by atoms with E-state index in [-0.39, 0.29) is 17.9 Å². The van der Waals surface area contributed by atoms with Crippen LogP contribution in [0.4, 0.5) is 5.95 Å². The highest BCUT2D eigenvalue weighted by atomic mass is 35.5. The fraction of sp³-hybridized carbons (Fsp3) is 0.346. The van der Waals surface area contributed by atoms with Gasteiger partial charge >= 0.3 is 0 Å².